The molecule has 1 unspecified atom stereocenters. The lowest BCUT2D eigenvalue weighted by molar-refractivity contribution is -0.0931. The maximum Gasteiger partial charge on any atom is 0.0707 e. The third-order valence-electron chi connectivity index (χ3n) is 3.47. The second-order valence-electron chi connectivity index (χ2n) is 5.68. The minimum Gasteiger partial charge on any atom is -0.396 e. The van der Waals surface area contributed by atoms with E-state index in [1.807, 2.05) is 13.8 Å². The van der Waals surface area contributed by atoms with Crippen molar-refractivity contribution in [1.29, 1.82) is 0 Å². The molecule has 0 aromatic carbocycles. The van der Waals surface area contributed by atoms with Crippen molar-refractivity contribution in [3.63, 3.8) is 0 Å². The fourth-order valence-corrected chi connectivity index (χ4v) is 1.72. The Labute approximate surface area is 118 Å². The van der Waals surface area contributed by atoms with E-state index in [-0.39, 0.29) is 17.8 Å². The van der Waals surface area contributed by atoms with Gasteiger partial charge in [-0.15, -0.1) is 0 Å². The number of aliphatic hydroxyl groups is 1. The summed E-state index contributed by atoms with van der Waals surface area (Å²) in [7, 11) is 0. The summed E-state index contributed by atoms with van der Waals surface area (Å²) < 4.78 is 16.9. The standard InChI is InChI=1S/C15H32O4/c1-6-15(5,8-10-16)19-11-9-14(3,4)18-13-12-17-7-2/h16H,6-13H2,1-5H3. The Morgan fingerprint density at radius 3 is 2.11 bits per heavy atom. The number of hydrogen-bond donors (Lipinski definition) is 1. The van der Waals surface area contributed by atoms with Gasteiger partial charge in [-0.1, -0.05) is 6.92 Å². The highest BCUT2D eigenvalue weighted by Gasteiger charge is 2.24. The van der Waals surface area contributed by atoms with Gasteiger partial charge in [0.25, 0.3) is 0 Å². The van der Waals surface area contributed by atoms with Gasteiger partial charge in [0.1, 0.15) is 0 Å². The van der Waals surface area contributed by atoms with Gasteiger partial charge in [-0.25, -0.2) is 0 Å². The second kappa shape index (κ2) is 9.70. The Bertz CT molecular complexity index is 218. The molecule has 1 atom stereocenters. The van der Waals surface area contributed by atoms with E-state index in [4.69, 9.17) is 19.3 Å². The molecule has 0 aromatic heterocycles. The Kier molecular flexibility index (Phi) is 9.62. The molecule has 0 aliphatic heterocycles. The van der Waals surface area contributed by atoms with Crippen LogP contribution in [-0.2, 0) is 14.2 Å². The van der Waals surface area contributed by atoms with Crippen molar-refractivity contribution in [1.82, 2.24) is 0 Å². The van der Waals surface area contributed by atoms with Crippen LogP contribution < -0.4 is 0 Å². The molecule has 19 heavy (non-hydrogen) atoms. The molecule has 0 saturated carbocycles. The third-order valence-corrected chi connectivity index (χ3v) is 3.47. The molecule has 4 nitrogen and oxygen atoms in total. The molecule has 0 rings (SSSR count). The molecule has 1 N–H and O–H groups in total. The van der Waals surface area contributed by atoms with Gasteiger partial charge in [0, 0.05) is 13.2 Å². The highest BCUT2D eigenvalue weighted by atomic mass is 16.5. The first-order valence-electron chi connectivity index (χ1n) is 7.35. The SMILES string of the molecule is CCOCCOC(C)(C)CCOC(C)(CC)CCO. The minimum atomic E-state index is -0.226. The van der Waals surface area contributed by atoms with Crippen molar-refractivity contribution < 1.29 is 19.3 Å². The summed E-state index contributed by atoms with van der Waals surface area (Å²) in [5.74, 6) is 0. The van der Waals surface area contributed by atoms with E-state index in [1.54, 1.807) is 0 Å². The molecule has 4 heteroatoms. The van der Waals surface area contributed by atoms with Crippen LogP contribution in [0.5, 0.6) is 0 Å². The van der Waals surface area contributed by atoms with Gasteiger partial charge >= 0.3 is 0 Å². The molecule has 0 heterocycles. The summed E-state index contributed by atoms with van der Waals surface area (Å²) in [4.78, 5) is 0. The number of ether oxygens (including phenoxy) is 3. The zero-order chi connectivity index (χ0) is 14.8. The highest BCUT2D eigenvalue weighted by Crippen LogP contribution is 2.22. The first-order chi connectivity index (χ1) is 8.89. The summed E-state index contributed by atoms with van der Waals surface area (Å²) in [6.45, 7) is 13.0. The molecular weight excluding hydrogens is 244 g/mol. The van der Waals surface area contributed by atoms with Crippen molar-refractivity contribution >= 4 is 0 Å². The Morgan fingerprint density at radius 2 is 1.58 bits per heavy atom. The molecule has 0 bridgehead atoms. The van der Waals surface area contributed by atoms with Gasteiger partial charge in [-0.2, -0.15) is 0 Å². The van der Waals surface area contributed by atoms with Crippen LogP contribution in [0.15, 0.2) is 0 Å². The lowest BCUT2D eigenvalue weighted by atomic mass is 9.99. The normalized spacial score (nSPS) is 15.5. The number of rotatable bonds is 12. The second-order valence-corrected chi connectivity index (χ2v) is 5.68. The van der Waals surface area contributed by atoms with Crippen molar-refractivity contribution in [2.75, 3.05) is 33.0 Å². The van der Waals surface area contributed by atoms with E-state index >= 15 is 0 Å². The average molecular weight is 276 g/mol. The fourth-order valence-electron chi connectivity index (χ4n) is 1.72. The van der Waals surface area contributed by atoms with Crippen molar-refractivity contribution in [3.8, 4) is 0 Å². The monoisotopic (exact) mass is 276 g/mol. The summed E-state index contributed by atoms with van der Waals surface area (Å²) in [5.41, 5.74) is -0.429. The molecule has 0 amide bonds. The summed E-state index contributed by atoms with van der Waals surface area (Å²) in [6.07, 6.45) is 2.41. The molecular formula is C15H32O4. The van der Waals surface area contributed by atoms with Crippen LogP contribution >= 0.6 is 0 Å². The van der Waals surface area contributed by atoms with Crippen LogP contribution in [0.1, 0.15) is 53.9 Å². The van der Waals surface area contributed by atoms with Crippen LogP contribution in [0.25, 0.3) is 0 Å². The van der Waals surface area contributed by atoms with Crippen LogP contribution in [0, 0.1) is 0 Å². The van der Waals surface area contributed by atoms with Gasteiger partial charge in [-0.05, 0) is 47.0 Å². The van der Waals surface area contributed by atoms with E-state index in [9.17, 15) is 0 Å². The van der Waals surface area contributed by atoms with E-state index in [2.05, 4.69) is 20.8 Å². The van der Waals surface area contributed by atoms with E-state index in [0.29, 0.717) is 26.2 Å². The summed E-state index contributed by atoms with van der Waals surface area (Å²) in [5, 5.41) is 9.04. The van der Waals surface area contributed by atoms with Gasteiger partial charge in [-0.3, -0.25) is 0 Å². The average Bonchev–Trinajstić information content (AvgIpc) is 2.35. The Hall–Kier alpha value is -0.160. The molecule has 116 valence electrons. The van der Waals surface area contributed by atoms with Gasteiger partial charge in [0.2, 0.25) is 0 Å². The molecule has 0 spiro atoms. The van der Waals surface area contributed by atoms with Crippen LogP contribution in [0.4, 0.5) is 0 Å². The topological polar surface area (TPSA) is 47.9 Å². The molecule has 0 aromatic rings. The molecule has 0 radical (unpaired) electrons. The largest absolute Gasteiger partial charge is 0.396 e. The molecule has 0 fully saturated rings. The summed E-state index contributed by atoms with van der Waals surface area (Å²) in [6, 6.07) is 0. The predicted molar refractivity (Wildman–Crippen MR) is 77.5 cm³/mol. The zero-order valence-electron chi connectivity index (χ0n) is 13.3. The third kappa shape index (κ3) is 9.38. The zero-order valence-corrected chi connectivity index (χ0v) is 13.3. The van der Waals surface area contributed by atoms with Gasteiger partial charge in [0.15, 0.2) is 0 Å². The quantitative estimate of drug-likeness (QED) is 0.557. The molecule has 0 saturated heterocycles. The number of hydrogen-bond acceptors (Lipinski definition) is 4. The molecule has 0 aliphatic rings. The Balaban J connectivity index is 3.89. The molecule has 0 aliphatic carbocycles. The van der Waals surface area contributed by atoms with Crippen molar-refractivity contribution in [2.45, 2.75) is 65.1 Å². The highest BCUT2D eigenvalue weighted by molar-refractivity contribution is 4.75. The van der Waals surface area contributed by atoms with Gasteiger partial charge in [0.05, 0.1) is 31.0 Å². The lowest BCUT2D eigenvalue weighted by Crippen LogP contribution is -2.33. The van der Waals surface area contributed by atoms with Crippen LogP contribution in [0.2, 0.25) is 0 Å². The van der Waals surface area contributed by atoms with Crippen LogP contribution in [0.3, 0.4) is 0 Å². The lowest BCUT2D eigenvalue weighted by Gasteiger charge is -2.31. The van der Waals surface area contributed by atoms with E-state index in [0.717, 1.165) is 19.4 Å². The number of aliphatic hydroxyl groups excluding tert-OH is 1. The fraction of sp³-hybridized carbons (Fsp3) is 1.00. The Morgan fingerprint density at radius 1 is 0.895 bits per heavy atom. The van der Waals surface area contributed by atoms with E-state index in [1.165, 1.54) is 0 Å². The van der Waals surface area contributed by atoms with Crippen LogP contribution in [-0.4, -0.2) is 49.3 Å². The summed E-state index contributed by atoms with van der Waals surface area (Å²) >= 11 is 0. The van der Waals surface area contributed by atoms with Gasteiger partial charge < -0.3 is 19.3 Å². The van der Waals surface area contributed by atoms with Crippen molar-refractivity contribution in [3.05, 3.63) is 0 Å². The first-order valence-corrected chi connectivity index (χ1v) is 7.35. The van der Waals surface area contributed by atoms with E-state index < -0.39 is 0 Å². The maximum atomic E-state index is 9.04. The minimum absolute atomic E-state index is 0.165. The van der Waals surface area contributed by atoms with Crippen molar-refractivity contribution in [2.24, 2.45) is 0 Å². The smallest absolute Gasteiger partial charge is 0.0707 e. The predicted octanol–water partition coefficient (Wildman–Crippen LogP) is 2.78. The first kappa shape index (κ1) is 18.8. The maximum absolute atomic E-state index is 9.04.